The predicted octanol–water partition coefficient (Wildman–Crippen LogP) is 5.66. The Bertz CT molecular complexity index is 1020. The van der Waals surface area contributed by atoms with Crippen molar-refractivity contribution in [3.05, 3.63) is 75.5 Å². The zero-order valence-electron chi connectivity index (χ0n) is 15.8. The number of anilines is 1. The number of rotatable bonds is 5. The number of aryl methyl sites for hydroxylation is 1. The lowest BCUT2D eigenvalue weighted by atomic mass is 10.0. The van der Waals surface area contributed by atoms with E-state index in [1.165, 1.54) is 22.5 Å². The minimum atomic E-state index is -0.279. The molecule has 0 fully saturated rings. The van der Waals surface area contributed by atoms with Crippen LogP contribution in [-0.2, 0) is 4.79 Å². The molecule has 0 bridgehead atoms. The molecule has 7 heteroatoms. The molecule has 2 heterocycles. The summed E-state index contributed by atoms with van der Waals surface area (Å²) < 4.78 is 1.48. The second-order valence-electron chi connectivity index (χ2n) is 6.69. The number of carbonyl (C=O) groups is 1. The average molecular weight is 415 g/mol. The van der Waals surface area contributed by atoms with Crippen LogP contribution in [0.5, 0.6) is 0 Å². The number of carbonyl (C=O) groups excluding carboxylic acids is 1. The van der Waals surface area contributed by atoms with E-state index in [-0.39, 0.29) is 5.91 Å². The van der Waals surface area contributed by atoms with Gasteiger partial charge in [-0.25, -0.2) is 4.98 Å². The van der Waals surface area contributed by atoms with E-state index in [0.29, 0.717) is 27.6 Å². The molecule has 1 amide bonds. The van der Waals surface area contributed by atoms with E-state index in [9.17, 15) is 4.79 Å². The van der Waals surface area contributed by atoms with Crippen molar-refractivity contribution in [2.24, 2.45) is 0 Å². The molecule has 5 nitrogen and oxygen atoms in total. The van der Waals surface area contributed by atoms with E-state index >= 15 is 0 Å². The fourth-order valence-electron chi connectivity index (χ4n) is 2.64. The molecule has 1 aromatic carbocycles. The van der Waals surface area contributed by atoms with Crippen molar-refractivity contribution in [1.82, 2.24) is 14.8 Å². The van der Waals surface area contributed by atoms with Crippen LogP contribution in [0.3, 0.4) is 0 Å². The average Bonchev–Trinajstić information content (AvgIpc) is 3.00. The van der Waals surface area contributed by atoms with Gasteiger partial charge in [-0.15, -0.1) is 0 Å². The Balaban J connectivity index is 1.77. The van der Waals surface area contributed by atoms with Crippen LogP contribution in [0.2, 0.25) is 10.0 Å². The van der Waals surface area contributed by atoms with Crippen LogP contribution in [0.4, 0.5) is 5.82 Å². The summed E-state index contributed by atoms with van der Waals surface area (Å²) in [4.78, 5) is 16.6. The van der Waals surface area contributed by atoms with Gasteiger partial charge in [0.05, 0.1) is 15.7 Å². The summed E-state index contributed by atoms with van der Waals surface area (Å²) in [6, 6.07) is 11.4. The summed E-state index contributed by atoms with van der Waals surface area (Å²) >= 11 is 12.1. The highest BCUT2D eigenvalue weighted by Gasteiger charge is 2.14. The summed E-state index contributed by atoms with van der Waals surface area (Å²) in [5.41, 5.74) is 2.93. The molecule has 0 saturated carbocycles. The number of benzene rings is 1. The summed E-state index contributed by atoms with van der Waals surface area (Å²) in [5, 5.41) is 7.94. The lowest BCUT2D eigenvalue weighted by Gasteiger charge is -2.08. The van der Waals surface area contributed by atoms with Crippen molar-refractivity contribution in [3.8, 4) is 5.82 Å². The molecule has 1 N–H and O–H groups in total. The van der Waals surface area contributed by atoms with Gasteiger partial charge in [0.2, 0.25) is 5.91 Å². The molecule has 0 aliphatic rings. The van der Waals surface area contributed by atoms with Crippen LogP contribution in [-0.4, -0.2) is 20.7 Å². The Morgan fingerprint density at radius 1 is 1.18 bits per heavy atom. The Morgan fingerprint density at radius 3 is 2.54 bits per heavy atom. The van der Waals surface area contributed by atoms with Gasteiger partial charge in [-0.05, 0) is 36.1 Å². The number of nitrogens with one attached hydrogen (secondary N) is 1. The van der Waals surface area contributed by atoms with Gasteiger partial charge in [-0.3, -0.25) is 4.79 Å². The fourth-order valence-corrected chi connectivity index (χ4v) is 3.11. The molecule has 0 saturated heterocycles. The second-order valence-corrected chi connectivity index (χ2v) is 7.53. The smallest absolute Gasteiger partial charge is 0.249 e. The van der Waals surface area contributed by atoms with Gasteiger partial charge in [-0.1, -0.05) is 61.3 Å². The van der Waals surface area contributed by atoms with Crippen LogP contribution in [0.1, 0.15) is 36.6 Å². The minimum Gasteiger partial charge on any atom is -0.307 e. The van der Waals surface area contributed by atoms with E-state index in [0.717, 1.165) is 11.3 Å². The SMILES string of the molecule is Cc1cc(NC(=O)/C=C/c2ccc(C(C)C)cc2)n(-c2ncc(Cl)cc2Cl)n1. The molecule has 0 aliphatic heterocycles. The molecule has 0 spiro atoms. The largest absolute Gasteiger partial charge is 0.307 e. The molecule has 0 unspecified atom stereocenters. The van der Waals surface area contributed by atoms with Crippen LogP contribution in [0.25, 0.3) is 11.9 Å². The summed E-state index contributed by atoms with van der Waals surface area (Å²) in [6.45, 7) is 6.11. The first kappa shape index (κ1) is 20.1. The number of hydrogen-bond acceptors (Lipinski definition) is 3. The van der Waals surface area contributed by atoms with Crippen molar-refractivity contribution in [2.45, 2.75) is 26.7 Å². The molecular formula is C21H20Cl2N4O. The van der Waals surface area contributed by atoms with E-state index in [1.807, 2.05) is 19.1 Å². The van der Waals surface area contributed by atoms with Gasteiger partial charge in [-0.2, -0.15) is 9.78 Å². The fraction of sp³-hybridized carbons (Fsp3) is 0.190. The lowest BCUT2D eigenvalue weighted by molar-refractivity contribution is -0.111. The van der Waals surface area contributed by atoms with E-state index < -0.39 is 0 Å². The third kappa shape index (κ3) is 4.80. The zero-order valence-corrected chi connectivity index (χ0v) is 17.3. The number of halogens is 2. The summed E-state index contributed by atoms with van der Waals surface area (Å²) in [7, 11) is 0. The van der Waals surface area contributed by atoms with Crippen molar-refractivity contribution >= 4 is 41.0 Å². The number of aromatic nitrogens is 3. The molecule has 28 heavy (non-hydrogen) atoms. The maximum Gasteiger partial charge on any atom is 0.249 e. The molecular weight excluding hydrogens is 395 g/mol. The topological polar surface area (TPSA) is 59.8 Å². The highest BCUT2D eigenvalue weighted by atomic mass is 35.5. The Labute approximate surface area is 174 Å². The number of pyridine rings is 1. The van der Waals surface area contributed by atoms with Gasteiger partial charge in [0.15, 0.2) is 5.82 Å². The quantitative estimate of drug-likeness (QED) is 0.547. The molecule has 144 valence electrons. The normalized spacial score (nSPS) is 11.4. The van der Waals surface area contributed by atoms with Crippen molar-refractivity contribution in [2.75, 3.05) is 5.32 Å². The van der Waals surface area contributed by atoms with Gasteiger partial charge in [0, 0.05) is 18.3 Å². The Morgan fingerprint density at radius 2 is 1.89 bits per heavy atom. The molecule has 2 aromatic heterocycles. The van der Waals surface area contributed by atoms with Gasteiger partial charge >= 0.3 is 0 Å². The standard InChI is InChI=1S/C21H20Cl2N4O/c1-13(2)16-7-4-15(5-8-16)6-9-20(28)25-19-10-14(3)26-27(19)21-18(23)11-17(22)12-24-21/h4-13H,1-3H3,(H,25,28)/b9-6+. The summed E-state index contributed by atoms with van der Waals surface area (Å²) in [5.74, 6) is 1.05. The van der Waals surface area contributed by atoms with Crippen molar-refractivity contribution in [1.29, 1.82) is 0 Å². The maximum absolute atomic E-state index is 12.4. The van der Waals surface area contributed by atoms with Crippen molar-refractivity contribution in [3.63, 3.8) is 0 Å². The Kier molecular flexibility index (Phi) is 6.17. The van der Waals surface area contributed by atoms with Crippen LogP contribution in [0, 0.1) is 6.92 Å². The van der Waals surface area contributed by atoms with Gasteiger partial charge < -0.3 is 5.32 Å². The number of nitrogens with zero attached hydrogens (tertiary/aromatic N) is 3. The maximum atomic E-state index is 12.4. The molecule has 3 aromatic rings. The van der Waals surface area contributed by atoms with Crippen LogP contribution >= 0.6 is 23.2 Å². The van der Waals surface area contributed by atoms with Gasteiger partial charge in [0.1, 0.15) is 5.82 Å². The predicted molar refractivity (Wildman–Crippen MR) is 114 cm³/mol. The van der Waals surface area contributed by atoms with Crippen LogP contribution < -0.4 is 5.32 Å². The summed E-state index contributed by atoms with van der Waals surface area (Å²) in [6.07, 6.45) is 4.72. The number of amides is 1. The molecule has 3 rings (SSSR count). The lowest BCUT2D eigenvalue weighted by Crippen LogP contribution is -2.13. The molecule has 0 aliphatic carbocycles. The Hall–Kier alpha value is -2.63. The third-order valence-electron chi connectivity index (χ3n) is 4.10. The highest BCUT2D eigenvalue weighted by molar-refractivity contribution is 6.35. The molecule has 0 radical (unpaired) electrons. The second kappa shape index (κ2) is 8.59. The number of hydrogen-bond donors (Lipinski definition) is 1. The van der Waals surface area contributed by atoms with Crippen molar-refractivity contribution < 1.29 is 4.79 Å². The van der Waals surface area contributed by atoms with E-state index in [4.69, 9.17) is 23.2 Å². The van der Waals surface area contributed by atoms with E-state index in [2.05, 4.69) is 41.4 Å². The van der Waals surface area contributed by atoms with E-state index in [1.54, 1.807) is 18.2 Å². The first-order valence-electron chi connectivity index (χ1n) is 8.80. The first-order chi connectivity index (χ1) is 13.3. The first-order valence-corrected chi connectivity index (χ1v) is 9.56. The highest BCUT2D eigenvalue weighted by Crippen LogP contribution is 2.25. The molecule has 0 atom stereocenters. The third-order valence-corrected chi connectivity index (χ3v) is 4.59. The minimum absolute atomic E-state index is 0.279. The monoisotopic (exact) mass is 414 g/mol. The zero-order chi connectivity index (χ0) is 20.3. The van der Waals surface area contributed by atoms with Crippen LogP contribution in [0.15, 0.2) is 48.7 Å². The van der Waals surface area contributed by atoms with Gasteiger partial charge in [0.25, 0.3) is 0 Å².